The normalized spacial score (nSPS) is 15.4. The second-order valence-electron chi connectivity index (χ2n) is 7.89. The zero-order chi connectivity index (χ0) is 21.2. The van der Waals surface area contributed by atoms with E-state index in [0.717, 1.165) is 16.7 Å². The first-order valence-corrected chi connectivity index (χ1v) is 11.7. The van der Waals surface area contributed by atoms with E-state index in [-0.39, 0.29) is 17.9 Å². The zero-order valence-electron chi connectivity index (χ0n) is 17.6. The third-order valence-corrected chi connectivity index (χ3v) is 7.67. The van der Waals surface area contributed by atoms with Crippen molar-refractivity contribution in [2.24, 2.45) is 5.92 Å². The molecule has 1 unspecified atom stereocenters. The standard InChI is InChI=1S/C23H30N2O3S/c1-5-25(18(4)19-9-7-6-8-10-19)29(27,28)22-12-11-21-16-24(23(26)17(2)3)14-13-20(21)15-22/h6-12,15,17-18H,5,13-14,16H2,1-4H3. The van der Waals surface area contributed by atoms with E-state index < -0.39 is 10.0 Å². The minimum atomic E-state index is -3.62. The van der Waals surface area contributed by atoms with E-state index in [2.05, 4.69) is 0 Å². The first kappa shape index (κ1) is 21.5. The van der Waals surface area contributed by atoms with Crippen LogP contribution in [0.3, 0.4) is 0 Å². The lowest BCUT2D eigenvalue weighted by Gasteiger charge is -2.31. The van der Waals surface area contributed by atoms with E-state index in [1.54, 1.807) is 16.4 Å². The Morgan fingerprint density at radius 1 is 1.07 bits per heavy atom. The van der Waals surface area contributed by atoms with Crippen LogP contribution >= 0.6 is 0 Å². The van der Waals surface area contributed by atoms with Gasteiger partial charge in [0.1, 0.15) is 0 Å². The molecule has 1 atom stereocenters. The molecule has 1 heterocycles. The predicted molar refractivity (Wildman–Crippen MR) is 115 cm³/mol. The zero-order valence-corrected chi connectivity index (χ0v) is 18.4. The number of hydrogen-bond donors (Lipinski definition) is 0. The summed E-state index contributed by atoms with van der Waals surface area (Å²) in [5.41, 5.74) is 3.02. The maximum Gasteiger partial charge on any atom is 0.243 e. The number of nitrogens with zero attached hydrogens (tertiary/aromatic N) is 2. The highest BCUT2D eigenvalue weighted by Crippen LogP contribution is 2.29. The van der Waals surface area contributed by atoms with Crippen LogP contribution in [0.4, 0.5) is 0 Å². The number of carbonyl (C=O) groups excluding carboxylic acids is 1. The molecule has 0 saturated heterocycles. The van der Waals surface area contributed by atoms with E-state index in [1.807, 2.05) is 69.0 Å². The fraction of sp³-hybridized carbons (Fsp3) is 0.435. The van der Waals surface area contributed by atoms with Crippen LogP contribution in [-0.2, 0) is 27.8 Å². The van der Waals surface area contributed by atoms with Crippen LogP contribution in [-0.4, -0.2) is 36.6 Å². The van der Waals surface area contributed by atoms with Gasteiger partial charge < -0.3 is 4.90 Å². The van der Waals surface area contributed by atoms with Gasteiger partial charge in [0.15, 0.2) is 0 Å². The number of fused-ring (bicyclic) bond motifs is 1. The number of carbonyl (C=O) groups is 1. The molecule has 0 aliphatic carbocycles. The molecule has 0 bridgehead atoms. The molecule has 0 saturated carbocycles. The van der Waals surface area contributed by atoms with E-state index in [4.69, 9.17) is 0 Å². The molecule has 156 valence electrons. The minimum absolute atomic E-state index is 0.0335. The molecule has 2 aromatic rings. The van der Waals surface area contributed by atoms with Crippen molar-refractivity contribution < 1.29 is 13.2 Å². The van der Waals surface area contributed by atoms with Crippen molar-refractivity contribution in [1.29, 1.82) is 0 Å². The number of sulfonamides is 1. The monoisotopic (exact) mass is 414 g/mol. The van der Waals surface area contributed by atoms with Crippen molar-refractivity contribution in [1.82, 2.24) is 9.21 Å². The molecule has 1 amide bonds. The van der Waals surface area contributed by atoms with Crippen LogP contribution in [0.5, 0.6) is 0 Å². The Balaban J connectivity index is 1.87. The van der Waals surface area contributed by atoms with Gasteiger partial charge in [0.2, 0.25) is 15.9 Å². The topological polar surface area (TPSA) is 57.7 Å². The summed E-state index contributed by atoms with van der Waals surface area (Å²) in [6.45, 7) is 9.17. The van der Waals surface area contributed by atoms with Crippen LogP contribution in [0.1, 0.15) is 50.4 Å². The third-order valence-electron chi connectivity index (χ3n) is 5.63. The lowest BCUT2D eigenvalue weighted by Crippen LogP contribution is -2.38. The minimum Gasteiger partial charge on any atom is -0.338 e. The summed E-state index contributed by atoms with van der Waals surface area (Å²) in [6, 6.07) is 14.8. The third kappa shape index (κ3) is 4.38. The highest BCUT2D eigenvalue weighted by Gasteiger charge is 2.30. The van der Waals surface area contributed by atoms with Crippen LogP contribution in [0.2, 0.25) is 0 Å². The molecule has 0 radical (unpaired) electrons. The van der Waals surface area contributed by atoms with Gasteiger partial charge in [-0.1, -0.05) is 57.2 Å². The molecule has 0 spiro atoms. The Morgan fingerprint density at radius 2 is 1.76 bits per heavy atom. The van der Waals surface area contributed by atoms with Crippen LogP contribution < -0.4 is 0 Å². The summed E-state index contributed by atoms with van der Waals surface area (Å²) >= 11 is 0. The van der Waals surface area contributed by atoms with Gasteiger partial charge in [0, 0.05) is 31.6 Å². The lowest BCUT2D eigenvalue weighted by atomic mass is 9.99. The summed E-state index contributed by atoms with van der Waals surface area (Å²) in [4.78, 5) is 14.5. The van der Waals surface area contributed by atoms with E-state index in [0.29, 0.717) is 31.0 Å². The highest BCUT2D eigenvalue weighted by atomic mass is 32.2. The van der Waals surface area contributed by atoms with E-state index >= 15 is 0 Å². The van der Waals surface area contributed by atoms with E-state index in [9.17, 15) is 13.2 Å². The maximum absolute atomic E-state index is 13.4. The molecule has 1 aliphatic rings. The van der Waals surface area contributed by atoms with Gasteiger partial charge in [0.05, 0.1) is 4.90 Å². The Labute approximate surface area is 174 Å². The van der Waals surface area contributed by atoms with Crippen molar-refractivity contribution in [2.45, 2.75) is 51.6 Å². The van der Waals surface area contributed by atoms with Crippen molar-refractivity contribution in [3.8, 4) is 0 Å². The quantitative estimate of drug-likeness (QED) is 0.718. The smallest absolute Gasteiger partial charge is 0.243 e. The highest BCUT2D eigenvalue weighted by molar-refractivity contribution is 7.89. The molecular weight excluding hydrogens is 384 g/mol. The van der Waals surface area contributed by atoms with Crippen LogP contribution in [0, 0.1) is 5.92 Å². The number of hydrogen-bond acceptors (Lipinski definition) is 3. The molecule has 5 nitrogen and oxygen atoms in total. The number of rotatable bonds is 6. The molecule has 0 N–H and O–H groups in total. The summed E-state index contributed by atoms with van der Waals surface area (Å²) in [7, 11) is -3.62. The molecule has 2 aromatic carbocycles. The van der Waals surface area contributed by atoms with Crippen molar-refractivity contribution in [2.75, 3.05) is 13.1 Å². The van der Waals surface area contributed by atoms with Gasteiger partial charge in [0.25, 0.3) is 0 Å². The van der Waals surface area contributed by atoms with Gasteiger partial charge in [-0.15, -0.1) is 0 Å². The fourth-order valence-electron chi connectivity index (χ4n) is 3.93. The van der Waals surface area contributed by atoms with Gasteiger partial charge in [-0.25, -0.2) is 8.42 Å². The van der Waals surface area contributed by atoms with Crippen molar-refractivity contribution >= 4 is 15.9 Å². The second kappa shape index (κ2) is 8.67. The first-order chi connectivity index (χ1) is 13.8. The van der Waals surface area contributed by atoms with Gasteiger partial charge in [-0.3, -0.25) is 4.79 Å². The predicted octanol–water partition coefficient (Wildman–Crippen LogP) is 4.00. The number of benzene rings is 2. The average Bonchev–Trinajstić information content (AvgIpc) is 2.73. The maximum atomic E-state index is 13.4. The summed E-state index contributed by atoms with van der Waals surface area (Å²) < 4.78 is 28.3. The Morgan fingerprint density at radius 3 is 2.38 bits per heavy atom. The van der Waals surface area contributed by atoms with Crippen LogP contribution in [0.15, 0.2) is 53.4 Å². The second-order valence-corrected chi connectivity index (χ2v) is 9.78. The lowest BCUT2D eigenvalue weighted by molar-refractivity contribution is -0.135. The van der Waals surface area contributed by atoms with Crippen LogP contribution in [0.25, 0.3) is 0 Å². The molecule has 29 heavy (non-hydrogen) atoms. The number of amides is 1. The summed E-state index contributed by atoms with van der Waals surface area (Å²) in [5, 5.41) is 0. The van der Waals surface area contributed by atoms with Crippen molar-refractivity contribution in [3.63, 3.8) is 0 Å². The molecule has 3 rings (SSSR count). The SMILES string of the molecule is CCN(C(C)c1ccccc1)S(=O)(=O)c1ccc2c(c1)CCN(C(=O)C(C)C)C2. The molecular formula is C23H30N2O3S. The average molecular weight is 415 g/mol. The first-order valence-electron chi connectivity index (χ1n) is 10.2. The molecule has 0 fully saturated rings. The molecule has 0 aromatic heterocycles. The largest absolute Gasteiger partial charge is 0.338 e. The summed E-state index contributed by atoms with van der Waals surface area (Å²) in [6.07, 6.45) is 0.678. The van der Waals surface area contributed by atoms with Gasteiger partial charge in [-0.05, 0) is 42.2 Å². The van der Waals surface area contributed by atoms with Gasteiger partial charge in [-0.2, -0.15) is 4.31 Å². The molecule has 1 aliphatic heterocycles. The van der Waals surface area contributed by atoms with E-state index in [1.165, 1.54) is 0 Å². The van der Waals surface area contributed by atoms with Gasteiger partial charge >= 0.3 is 0 Å². The Bertz CT molecular complexity index is 971. The molecule has 6 heteroatoms. The summed E-state index contributed by atoms with van der Waals surface area (Å²) in [5.74, 6) is 0.106. The Kier molecular flexibility index (Phi) is 6.44. The fourth-order valence-corrected chi connectivity index (χ4v) is 5.61. The Hall–Kier alpha value is -2.18. The van der Waals surface area contributed by atoms with Crippen molar-refractivity contribution in [3.05, 3.63) is 65.2 Å².